The van der Waals surface area contributed by atoms with Gasteiger partial charge in [0.15, 0.2) is 0 Å². The van der Waals surface area contributed by atoms with Gasteiger partial charge in [0.05, 0.1) is 0 Å². The van der Waals surface area contributed by atoms with E-state index in [0.717, 1.165) is 12.8 Å². The highest BCUT2D eigenvalue weighted by Gasteiger charge is 2.16. The summed E-state index contributed by atoms with van der Waals surface area (Å²) in [5.74, 6) is 0. The van der Waals surface area contributed by atoms with E-state index in [-0.39, 0.29) is 0 Å². The number of aryl methyl sites for hydroxylation is 1. The van der Waals surface area contributed by atoms with Gasteiger partial charge in [-0.3, -0.25) is 0 Å². The normalized spacial score (nSPS) is 13.5. The minimum absolute atomic E-state index is 1.06. The number of anilines is 4. The highest BCUT2D eigenvalue weighted by molar-refractivity contribution is 5.72. The summed E-state index contributed by atoms with van der Waals surface area (Å²) >= 11 is 0. The predicted octanol–water partition coefficient (Wildman–Crippen LogP) is 7.53. The van der Waals surface area contributed by atoms with E-state index in [9.17, 15) is 0 Å². The van der Waals surface area contributed by atoms with Crippen LogP contribution in [0.5, 0.6) is 0 Å². The predicted molar refractivity (Wildman–Crippen MR) is 125 cm³/mol. The molecule has 0 fully saturated rings. The Kier molecular flexibility index (Phi) is 5.53. The largest absolute Gasteiger partial charge is 0.345 e. The second-order valence-corrected chi connectivity index (χ2v) is 7.75. The summed E-state index contributed by atoms with van der Waals surface area (Å²) in [4.78, 5) is 4.60. The summed E-state index contributed by atoms with van der Waals surface area (Å²) in [7, 11) is 2.12. The van der Waals surface area contributed by atoms with E-state index in [1.807, 2.05) is 0 Å². The Balaban J connectivity index is 1.66. The van der Waals surface area contributed by atoms with Crippen molar-refractivity contribution in [1.29, 1.82) is 0 Å². The molecule has 2 nitrogen and oxygen atoms in total. The molecule has 0 unspecified atom stereocenters. The van der Waals surface area contributed by atoms with Crippen LogP contribution in [0.1, 0.15) is 25.3 Å². The van der Waals surface area contributed by atoms with Crippen LogP contribution in [0, 0.1) is 6.92 Å². The maximum Gasteiger partial charge on any atom is 0.0459 e. The van der Waals surface area contributed by atoms with Gasteiger partial charge in [0.2, 0.25) is 0 Å². The Bertz CT molecular complexity index is 1010. The topological polar surface area (TPSA) is 6.48 Å². The fourth-order valence-electron chi connectivity index (χ4n) is 3.72. The van der Waals surface area contributed by atoms with Gasteiger partial charge in [-0.2, -0.15) is 0 Å². The molecule has 0 saturated heterocycles. The van der Waals surface area contributed by atoms with Gasteiger partial charge < -0.3 is 9.80 Å². The lowest BCUT2D eigenvalue weighted by Gasteiger charge is -2.30. The fourth-order valence-corrected chi connectivity index (χ4v) is 3.72. The Morgan fingerprint density at radius 1 is 0.586 bits per heavy atom. The Hall–Kier alpha value is -3.26. The van der Waals surface area contributed by atoms with E-state index < -0.39 is 0 Å². The van der Waals surface area contributed by atoms with Crippen molar-refractivity contribution in [2.75, 3.05) is 16.8 Å². The van der Waals surface area contributed by atoms with Gasteiger partial charge in [-0.1, -0.05) is 47.5 Å². The SMILES string of the molecule is CC1=CC=C(N(c2ccccc2)c2ccc(N(C)c3ccc(C)cc3)cc2)CC1. The summed E-state index contributed by atoms with van der Waals surface area (Å²) < 4.78 is 0. The Morgan fingerprint density at radius 3 is 1.72 bits per heavy atom. The van der Waals surface area contributed by atoms with Gasteiger partial charge in [0, 0.05) is 35.5 Å². The lowest BCUT2D eigenvalue weighted by Crippen LogP contribution is -2.18. The Morgan fingerprint density at radius 2 is 1.14 bits per heavy atom. The van der Waals surface area contributed by atoms with Crippen LogP contribution in [0.3, 0.4) is 0 Å². The van der Waals surface area contributed by atoms with Crippen LogP contribution in [0.15, 0.2) is 102 Å². The molecule has 0 aliphatic heterocycles. The van der Waals surface area contributed by atoms with Crippen LogP contribution in [-0.2, 0) is 0 Å². The van der Waals surface area contributed by atoms with Crippen molar-refractivity contribution in [2.24, 2.45) is 0 Å². The molecule has 0 bridgehead atoms. The van der Waals surface area contributed by atoms with Crippen LogP contribution in [0.4, 0.5) is 22.7 Å². The molecule has 1 aliphatic carbocycles. The monoisotopic (exact) mass is 380 g/mol. The van der Waals surface area contributed by atoms with Crippen LogP contribution in [0.2, 0.25) is 0 Å². The molecule has 3 aromatic rings. The van der Waals surface area contributed by atoms with Gasteiger partial charge in [-0.15, -0.1) is 0 Å². The van der Waals surface area contributed by atoms with Gasteiger partial charge in [-0.25, -0.2) is 0 Å². The van der Waals surface area contributed by atoms with Gasteiger partial charge in [-0.05, 0) is 81.3 Å². The number of hydrogen-bond donors (Lipinski definition) is 0. The lowest BCUT2D eigenvalue weighted by atomic mass is 10.0. The minimum Gasteiger partial charge on any atom is -0.345 e. The smallest absolute Gasteiger partial charge is 0.0459 e. The number of rotatable bonds is 5. The fraction of sp³-hybridized carbons (Fsp3) is 0.185. The number of hydrogen-bond acceptors (Lipinski definition) is 2. The van der Waals surface area contributed by atoms with E-state index in [2.05, 4.69) is 122 Å². The zero-order chi connectivity index (χ0) is 20.2. The first-order valence-corrected chi connectivity index (χ1v) is 10.2. The highest BCUT2D eigenvalue weighted by atomic mass is 15.2. The quantitative estimate of drug-likeness (QED) is 0.451. The second kappa shape index (κ2) is 8.40. The number of nitrogens with zero attached hydrogens (tertiary/aromatic N) is 2. The van der Waals surface area contributed by atoms with Crippen molar-refractivity contribution in [3.8, 4) is 0 Å². The van der Waals surface area contributed by atoms with Crippen LogP contribution in [-0.4, -0.2) is 7.05 Å². The minimum atomic E-state index is 1.06. The molecular formula is C27H28N2. The second-order valence-electron chi connectivity index (χ2n) is 7.75. The first kappa shape index (κ1) is 19.1. The summed E-state index contributed by atoms with van der Waals surface area (Å²) in [5, 5.41) is 0. The summed E-state index contributed by atoms with van der Waals surface area (Å²) in [6.45, 7) is 4.32. The van der Waals surface area contributed by atoms with Gasteiger partial charge in [0.1, 0.15) is 0 Å². The molecule has 1 aliphatic rings. The van der Waals surface area contributed by atoms with E-state index in [4.69, 9.17) is 0 Å². The molecule has 0 spiro atoms. The van der Waals surface area contributed by atoms with Crippen LogP contribution in [0.25, 0.3) is 0 Å². The molecule has 146 valence electrons. The van der Waals surface area contributed by atoms with Crippen molar-refractivity contribution in [3.63, 3.8) is 0 Å². The summed E-state index contributed by atoms with van der Waals surface area (Å²) in [6.07, 6.45) is 6.68. The zero-order valence-electron chi connectivity index (χ0n) is 17.5. The molecule has 4 rings (SSSR count). The van der Waals surface area contributed by atoms with Crippen molar-refractivity contribution < 1.29 is 0 Å². The molecule has 29 heavy (non-hydrogen) atoms. The first-order valence-electron chi connectivity index (χ1n) is 10.2. The van der Waals surface area contributed by atoms with E-state index in [0.29, 0.717) is 0 Å². The first-order chi connectivity index (χ1) is 14.1. The maximum absolute atomic E-state index is 2.37. The molecule has 0 heterocycles. The number of benzene rings is 3. The van der Waals surface area contributed by atoms with Gasteiger partial charge >= 0.3 is 0 Å². The third-order valence-corrected chi connectivity index (χ3v) is 5.55. The van der Waals surface area contributed by atoms with Crippen molar-refractivity contribution in [2.45, 2.75) is 26.7 Å². The van der Waals surface area contributed by atoms with Crippen molar-refractivity contribution >= 4 is 22.7 Å². The van der Waals surface area contributed by atoms with Crippen LogP contribution < -0.4 is 9.80 Å². The van der Waals surface area contributed by atoms with E-state index >= 15 is 0 Å². The summed E-state index contributed by atoms with van der Waals surface area (Å²) in [6, 6.07) is 28.1. The average Bonchev–Trinajstić information content (AvgIpc) is 2.77. The molecule has 0 amide bonds. The molecule has 0 saturated carbocycles. The molecule has 0 atom stereocenters. The lowest BCUT2D eigenvalue weighted by molar-refractivity contribution is 0.874. The molecule has 0 aromatic heterocycles. The molecular weight excluding hydrogens is 352 g/mol. The van der Waals surface area contributed by atoms with E-state index in [1.165, 1.54) is 39.6 Å². The van der Waals surface area contributed by atoms with Crippen molar-refractivity contribution in [1.82, 2.24) is 0 Å². The van der Waals surface area contributed by atoms with Gasteiger partial charge in [0.25, 0.3) is 0 Å². The highest BCUT2D eigenvalue weighted by Crippen LogP contribution is 2.35. The molecule has 0 radical (unpaired) electrons. The number of allylic oxidation sites excluding steroid dienone is 4. The summed E-state index contributed by atoms with van der Waals surface area (Å²) in [5.41, 5.74) is 8.82. The standard InChI is InChI=1S/C27H28N2/c1-21-9-13-23(14-10-21)28(3)24-17-19-27(20-18-24)29(25-7-5-4-6-8-25)26-15-11-22(2)12-16-26/h4-11,13-15,17-20H,12,16H2,1-3H3. The zero-order valence-corrected chi connectivity index (χ0v) is 17.5. The van der Waals surface area contributed by atoms with E-state index in [1.54, 1.807) is 0 Å². The molecule has 2 heteroatoms. The maximum atomic E-state index is 2.37. The Labute approximate surface area is 174 Å². The average molecular weight is 381 g/mol. The molecule has 0 N–H and O–H groups in total. The number of para-hydroxylation sites is 1. The third kappa shape index (κ3) is 4.27. The van der Waals surface area contributed by atoms with Crippen molar-refractivity contribution in [3.05, 3.63) is 108 Å². The van der Waals surface area contributed by atoms with Crippen LogP contribution >= 0.6 is 0 Å². The third-order valence-electron chi connectivity index (χ3n) is 5.55. The molecule has 3 aromatic carbocycles.